The first-order valence-corrected chi connectivity index (χ1v) is 4.29. The van der Waals surface area contributed by atoms with Gasteiger partial charge in [0.2, 0.25) is 0 Å². The maximum absolute atomic E-state index is 10.9. The minimum atomic E-state index is -0.706. The van der Waals surface area contributed by atoms with Gasteiger partial charge in [-0.15, -0.1) is 0 Å². The van der Waals surface area contributed by atoms with E-state index in [0.29, 0.717) is 6.29 Å². The average Bonchev–Trinajstić information content (AvgIpc) is 2.26. The van der Waals surface area contributed by atoms with Crippen LogP contribution in [-0.2, 0) is 0 Å². The number of hydrogen-bond donors (Lipinski definition) is 0. The third kappa shape index (κ3) is 2.14. The predicted molar refractivity (Wildman–Crippen MR) is 53.3 cm³/mol. The molecule has 0 heterocycles. The molecular weight excluding hydrogens is 218 g/mol. The Morgan fingerprint density at radius 3 is 2.67 bits per heavy atom. The van der Waals surface area contributed by atoms with Gasteiger partial charge in [-0.05, 0) is 23.7 Å². The van der Waals surface area contributed by atoms with Crippen LogP contribution in [0, 0.1) is 11.3 Å². The lowest BCUT2D eigenvalue weighted by Crippen LogP contribution is -1.99. The molecule has 0 saturated carbocycles. The zero-order valence-corrected chi connectivity index (χ0v) is 8.54. The predicted octanol–water partition coefficient (Wildman–Crippen LogP) is 1.76. The largest absolute Gasteiger partial charge is 0.496 e. The second-order valence-corrected chi connectivity index (χ2v) is 2.99. The van der Waals surface area contributed by atoms with Gasteiger partial charge in [0.25, 0.3) is 5.24 Å². The molecule has 0 fully saturated rings. The molecule has 1 aromatic rings. The van der Waals surface area contributed by atoms with Crippen LogP contribution >= 0.6 is 11.6 Å². The molecule has 1 rings (SSSR count). The fraction of sp³-hybridized carbons (Fsp3) is 0.100. The fourth-order valence-corrected chi connectivity index (χ4v) is 1.23. The Labute approximate surface area is 91.0 Å². The van der Waals surface area contributed by atoms with Crippen molar-refractivity contribution in [2.45, 2.75) is 0 Å². The number of hydrogen-bond acceptors (Lipinski definition) is 4. The summed E-state index contributed by atoms with van der Waals surface area (Å²) in [6.07, 6.45) is 0.500. The first kappa shape index (κ1) is 11.2. The lowest BCUT2D eigenvalue weighted by molar-refractivity contribution is 0.107. The highest BCUT2D eigenvalue weighted by molar-refractivity contribution is 6.67. The number of halogens is 1. The molecule has 0 aromatic heterocycles. The molecule has 0 aliphatic carbocycles. The van der Waals surface area contributed by atoms with Crippen molar-refractivity contribution in [3.8, 4) is 11.8 Å². The molecule has 0 radical (unpaired) electrons. The van der Waals surface area contributed by atoms with E-state index in [1.54, 1.807) is 6.07 Å². The van der Waals surface area contributed by atoms with E-state index >= 15 is 0 Å². The SMILES string of the molecule is COc1cc(C(=O)Cl)cc(C#N)c1C=O. The summed E-state index contributed by atoms with van der Waals surface area (Å²) < 4.78 is 4.88. The third-order valence-corrected chi connectivity index (χ3v) is 2.05. The van der Waals surface area contributed by atoms with Crippen LogP contribution in [-0.4, -0.2) is 18.6 Å². The minimum absolute atomic E-state index is 0.0633. The normalized spacial score (nSPS) is 9.13. The van der Waals surface area contributed by atoms with Gasteiger partial charge < -0.3 is 4.74 Å². The number of benzene rings is 1. The van der Waals surface area contributed by atoms with Gasteiger partial charge in [0.05, 0.1) is 18.2 Å². The quantitative estimate of drug-likeness (QED) is 0.578. The first-order chi connectivity index (χ1) is 7.13. The number of carbonyl (C=O) groups is 2. The highest BCUT2D eigenvalue weighted by Crippen LogP contribution is 2.23. The summed E-state index contributed by atoms with van der Waals surface area (Å²) in [6, 6.07) is 4.37. The number of aldehydes is 1. The van der Waals surface area contributed by atoms with Crippen LogP contribution in [0.5, 0.6) is 5.75 Å². The molecule has 15 heavy (non-hydrogen) atoms. The van der Waals surface area contributed by atoms with Crippen LogP contribution in [0.4, 0.5) is 0 Å². The molecule has 0 atom stereocenters. The fourth-order valence-electron chi connectivity index (χ4n) is 1.12. The van der Waals surface area contributed by atoms with E-state index in [1.807, 2.05) is 0 Å². The van der Waals surface area contributed by atoms with Crippen LogP contribution in [0.25, 0.3) is 0 Å². The van der Waals surface area contributed by atoms with Gasteiger partial charge in [0.1, 0.15) is 11.8 Å². The second-order valence-electron chi connectivity index (χ2n) is 2.64. The molecule has 0 aliphatic heterocycles. The van der Waals surface area contributed by atoms with E-state index in [9.17, 15) is 9.59 Å². The van der Waals surface area contributed by atoms with Crippen molar-refractivity contribution < 1.29 is 14.3 Å². The van der Waals surface area contributed by atoms with Gasteiger partial charge >= 0.3 is 0 Å². The summed E-state index contributed by atoms with van der Waals surface area (Å²) in [7, 11) is 1.34. The topological polar surface area (TPSA) is 67.2 Å². The van der Waals surface area contributed by atoms with Gasteiger partial charge in [-0.25, -0.2) is 0 Å². The van der Waals surface area contributed by atoms with Gasteiger partial charge in [-0.2, -0.15) is 5.26 Å². The average molecular weight is 224 g/mol. The number of ether oxygens (including phenoxy) is 1. The van der Waals surface area contributed by atoms with Crippen molar-refractivity contribution in [3.63, 3.8) is 0 Å². The second kappa shape index (κ2) is 4.58. The van der Waals surface area contributed by atoms with Crippen molar-refractivity contribution >= 4 is 23.1 Å². The maximum atomic E-state index is 10.9. The molecule has 0 N–H and O–H groups in total. The summed E-state index contributed by atoms with van der Waals surface area (Å²) in [6.45, 7) is 0. The van der Waals surface area contributed by atoms with Crippen LogP contribution < -0.4 is 4.74 Å². The van der Waals surface area contributed by atoms with Crippen LogP contribution in [0.2, 0.25) is 0 Å². The molecule has 1 aromatic carbocycles. The highest BCUT2D eigenvalue weighted by Gasteiger charge is 2.13. The number of carbonyl (C=O) groups excluding carboxylic acids is 2. The zero-order valence-electron chi connectivity index (χ0n) is 7.78. The molecular formula is C10H6ClNO3. The van der Waals surface area contributed by atoms with Crippen LogP contribution in [0.1, 0.15) is 26.3 Å². The summed E-state index contributed by atoms with van der Waals surface area (Å²) in [5.41, 5.74) is 0.297. The van der Waals surface area contributed by atoms with Crippen LogP contribution in [0.3, 0.4) is 0 Å². The summed E-state index contributed by atoms with van der Waals surface area (Å²) in [4.78, 5) is 21.6. The number of nitriles is 1. The number of rotatable bonds is 3. The molecule has 0 saturated heterocycles. The molecule has 76 valence electrons. The minimum Gasteiger partial charge on any atom is -0.496 e. The van der Waals surface area contributed by atoms with E-state index in [4.69, 9.17) is 21.6 Å². The summed E-state index contributed by atoms with van der Waals surface area (Å²) in [5.74, 6) is 0.160. The lowest BCUT2D eigenvalue weighted by atomic mass is 10.0. The first-order valence-electron chi connectivity index (χ1n) is 3.91. The van der Waals surface area contributed by atoms with Crippen molar-refractivity contribution in [2.24, 2.45) is 0 Å². The Balaban J connectivity index is 3.51. The van der Waals surface area contributed by atoms with Gasteiger partial charge in [0, 0.05) is 5.56 Å². The Hall–Kier alpha value is -1.86. The van der Waals surface area contributed by atoms with Gasteiger partial charge in [-0.1, -0.05) is 0 Å². The van der Waals surface area contributed by atoms with Gasteiger partial charge in [0.15, 0.2) is 6.29 Å². The van der Waals surface area contributed by atoms with Gasteiger partial charge in [-0.3, -0.25) is 9.59 Å². The summed E-state index contributed by atoms with van der Waals surface area (Å²) >= 11 is 5.26. The van der Waals surface area contributed by atoms with E-state index in [-0.39, 0.29) is 22.4 Å². The van der Waals surface area contributed by atoms with Crippen molar-refractivity contribution in [1.82, 2.24) is 0 Å². The highest BCUT2D eigenvalue weighted by atomic mass is 35.5. The van der Waals surface area contributed by atoms with E-state index in [2.05, 4.69) is 0 Å². The molecule has 0 bridgehead atoms. The van der Waals surface area contributed by atoms with E-state index < -0.39 is 5.24 Å². The molecule has 0 amide bonds. The smallest absolute Gasteiger partial charge is 0.252 e. The molecule has 5 heteroatoms. The Morgan fingerprint density at radius 2 is 2.27 bits per heavy atom. The Bertz CT molecular complexity index is 462. The molecule has 0 aliphatic rings. The number of methoxy groups -OCH3 is 1. The van der Waals surface area contributed by atoms with Crippen molar-refractivity contribution in [3.05, 3.63) is 28.8 Å². The standard InChI is InChI=1S/C10H6ClNO3/c1-15-9-3-6(10(11)14)2-7(4-12)8(9)5-13/h2-3,5H,1H3. The zero-order chi connectivity index (χ0) is 11.4. The van der Waals surface area contributed by atoms with E-state index in [1.165, 1.54) is 19.2 Å². The van der Waals surface area contributed by atoms with Crippen LogP contribution in [0.15, 0.2) is 12.1 Å². The Kier molecular flexibility index (Phi) is 3.42. The lowest BCUT2D eigenvalue weighted by Gasteiger charge is -2.06. The third-order valence-electron chi connectivity index (χ3n) is 1.83. The molecule has 0 unspecified atom stereocenters. The van der Waals surface area contributed by atoms with Crippen molar-refractivity contribution in [1.29, 1.82) is 5.26 Å². The maximum Gasteiger partial charge on any atom is 0.252 e. The number of nitrogens with zero attached hydrogens (tertiary/aromatic N) is 1. The molecule has 0 spiro atoms. The van der Waals surface area contributed by atoms with E-state index in [0.717, 1.165) is 0 Å². The summed E-state index contributed by atoms with van der Waals surface area (Å²) in [5, 5.41) is 8.05. The monoisotopic (exact) mass is 223 g/mol. The Morgan fingerprint density at radius 1 is 1.60 bits per heavy atom. The van der Waals surface area contributed by atoms with Crippen molar-refractivity contribution in [2.75, 3.05) is 7.11 Å². The molecule has 4 nitrogen and oxygen atoms in total.